The Morgan fingerprint density at radius 1 is 0.943 bits per heavy atom. The zero-order valence-electron chi connectivity index (χ0n) is 19.7. The second kappa shape index (κ2) is 9.32. The lowest BCUT2D eigenvalue weighted by molar-refractivity contribution is -0.112. The van der Waals surface area contributed by atoms with Crippen molar-refractivity contribution >= 4 is 39.3 Å². The van der Waals surface area contributed by atoms with Gasteiger partial charge in [0, 0.05) is 34.9 Å². The van der Waals surface area contributed by atoms with E-state index in [1.165, 1.54) is 16.3 Å². The van der Waals surface area contributed by atoms with Crippen molar-refractivity contribution in [2.24, 2.45) is 0 Å². The molecule has 5 rings (SSSR count). The van der Waals surface area contributed by atoms with E-state index >= 15 is 0 Å². The zero-order valence-corrected chi connectivity index (χ0v) is 19.7. The summed E-state index contributed by atoms with van der Waals surface area (Å²) >= 11 is 0. The Morgan fingerprint density at radius 3 is 2.49 bits per heavy atom. The standard InChI is InChI=1S/C31H25N3O/c1-21-14-15-29(22(2)16-21)33-31(35)25(18-32)17-26-20-34(30-13-6-5-12-28(26)30)19-24-10-7-9-23-8-3-4-11-27(23)24/h3-17,20H,19H2,1-2H3,(H,33,35)/b25-17+. The number of amides is 1. The van der Waals surface area contributed by atoms with Crippen molar-refractivity contribution in [3.63, 3.8) is 0 Å². The molecule has 4 heteroatoms. The van der Waals surface area contributed by atoms with Crippen LogP contribution in [0.1, 0.15) is 22.3 Å². The third-order valence-electron chi connectivity index (χ3n) is 6.34. The van der Waals surface area contributed by atoms with Gasteiger partial charge in [0.1, 0.15) is 11.6 Å². The van der Waals surface area contributed by atoms with Crippen LogP contribution in [0.3, 0.4) is 0 Å². The van der Waals surface area contributed by atoms with Gasteiger partial charge in [-0.05, 0) is 54.0 Å². The molecular weight excluding hydrogens is 430 g/mol. The van der Waals surface area contributed by atoms with Crippen molar-refractivity contribution in [2.75, 3.05) is 5.32 Å². The van der Waals surface area contributed by atoms with Crippen LogP contribution in [0, 0.1) is 25.2 Å². The highest BCUT2D eigenvalue weighted by Crippen LogP contribution is 2.27. The largest absolute Gasteiger partial charge is 0.342 e. The van der Waals surface area contributed by atoms with E-state index in [4.69, 9.17) is 0 Å². The van der Waals surface area contributed by atoms with Gasteiger partial charge in [-0.2, -0.15) is 5.26 Å². The molecule has 0 aliphatic carbocycles. The molecule has 0 atom stereocenters. The number of hydrogen-bond acceptors (Lipinski definition) is 2. The zero-order chi connectivity index (χ0) is 24.4. The van der Waals surface area contributed by atoms with E-state index in [-0.39, 0.29) is 5.57 Å². The van der Waals surface area contributed by atoms with Gasteiger partial charge in [-0.3, -0.25) is 4.79 Å². The molecule has 4 nitrogen and oxygen atoms in total. The highest BCUT2D eigenvalue weighted by molar-refractivity contribution is 6.11. The number of nitriles is 1. The number of benzene rings is 4. The lowest BCUT2D eigenvalue weighted by Crippen LogP contribution is -2.14. The van der Waals surface area contributed by atoms with Crippen LogP contribution in [0.15, 0.2) is 96.7 Å². The molecule has 0 aliphatic heterocycles. The molecule has 0 bridgehead atoms. The minimum absolute atomic E-state index is 0.0676. The molecule has 0 aliphatic rings. The number of anilines is 1. The predicted molar refractivity (Wildman–Crippen MR) is 143 cm³/mol. The van der Waals surface area contributed by atoms with Crippen molar-refractivity contribution in [2.45, 2.75) is 20.4 Å². The molecule has 0 spiro atoms. The summed E-state index contributed by atoms with van der Waals surface area (Å²) in [5.74, 6) is -0.412. The topological polar surface area (TPSA) is 57.8 Å². The van der Waals surface area contributed by atoms with Crippen LogP contribution >= 0.6 is 0 Å². The fourth-order valence-electron chi connectivity index (χ4n) is 4.58. The SMILES string of the molecule is Cc1ccc(NC(=O)/C(C#N)=C/c2cn(Cc3cccc4ccccc34)c3ccccc23)c(C)c1. The van der Waals surface area contributed by atoms with Crippen molar-refractivity contribution in [1.29, 1.82) is 5.26 Å². The molecule has 0 fully saturated rings. The van der Waals surface area contributed by atoms with E-state index in [9.17, 15) is 10.1 Å². The number of fused-ring (bicyclic) bond motifs is 2. The van der Waals surface area contributed by atoms with Crippen LogP contribution in [0.4, 0.5) is 5.69 Å². The number of carbonyl (C=O) groups excluding carboxylic acids is 1. The number of nitrogens with zero attached hydrogens (tertiary/aromatic N) is 2. The molecule has 0 saturated carbocycles. The third kappa shape index (κ3) is 4.45. The first-order valence-electron chi connectivity index (χ1n) is 11.6. The lowest BCUT2D eigenvalue weighted by Gasteiger charge is -2.09. The number of rotatable bonds is 5. The monoisotopic (exact) mass is 455 g/mol. The maximum Gasteiger partial charge on any atom is 0.266 e. The molecule has 170 valence electrons. The van der Waals surface area contributed by atoms with Gasteiger partial charge in [0.15, 0.2) is 0 Å². The summed E-state index contributed by atoms with van der Waals surface area (Å²) in [5, 5.41) is 16.1. The van der Waals surface area contributed by atoms with E-state index in [1.807, 2.05) is 62.5 Å². The highest BCUT2D eigenvalue weighted by atomic mass is 16.1. The minimum atomic E-state index is -0.412. The van der Waals surface area contributed by atoms with Crippen molar-refractivity contribution in [1.82, 2.24) is 4.57 Å². The van der Waals surface area contributed by atoms with Gasteiger partial charge in [0.2, 0.25) is 0 Å². The Kier molecular flexibility index (Phi) is 5.91. The fourth-order valence-corrected chi connectivity index (χ4v) is 4.58. The molecule has 0 saturated heterocycles. The van der Waals surface area contributed by atoms with Crippen molar-refractivity contribution in [3.8, 4) is 6.07 Å². The molecule has 1 aromatic heterocycles. The number of aromatic nitrogens is 1. The van der Waals surface area contributed by atoms with Gasteiger partial charge < -0.3 is 9.88 Å². The summed E-state index contributed by atoms with van der Waals surface area (Å²) in [5.41, 5.74) is 5.97. The Hall–Kier alpha value is -4.62. The number of para-hydroxylation sites is 1. The van der Waals surface area contributed by atoms with E-state index in [2.05, 4.69) is 58.4 Å². The van der Waals surface area contributed by atoms with Crippen LogP contribution in [0.5, 0.6) is 0 Å². The first-order chi connectivity index (χ1) is 17.0. The van der Waals surface area contributed by atoms with Crippen LogP contribution in [0.2, 0.25) is 0 Å². The second-order valence-electron chi connectivity index (χ2n) is 8.81. The van der Waals surface area contributed by atoms with E-state index < -0.39 is 5.91 Å². The minimum Gasteiger partial charge on any atom is -0.342 e. The Labute approximate surface area is 204 Å². The summed E-state index contributed by atoms with van der Waals surface area (Å²) in [6, 6.07) is 30.7. The Balaban J connectivity index is 1.52. The van der Waals surface area contributed by atoms with Gasteiger partial charge >= 0.3 is 0 Å². The number of aryl methyl sites for hydroxylation is 2. The van der Waals surface area contributed by atoms with E-state index in [0.29, 0.717) is 12.2 Å². The number of hydrogen-bond donors (Lipinski definition) is 1. The number of carbonyl (C=O) groups is 1. The van der Waals surface area contributed by atoms with Gasteiger partial charge in [-0.1, -0.05) is 78.4 Å². The van der Waals surface area contributed by atoms with Crippen LogP contribution in [-0.2, 0) is 11.3 Å². The summed E-state index contributed by atoms with van der Waals surface area (Å²) < 4.78 is 2.18. The fraction of sp³-hybridized carbons (Fsp3) is 0.0968. The quantitative estimate of drug-likeness (QED) is 0.229. The normalized spacial score (nSPS) is 11.5. The first-order valence-corrected chi connectivity index (χ1v) is 11.6. The molecule has 1 heterocycles. The van der Waals surface area contributed by atoms with Crippen LogP contribution < -0.4 is 5.32 Å². The predicted octanol–water partition coefficient (Wildman–Crippen LogP) is 7.01. The van der Waals surface area contributed by atoms with Gasteiger partial charge in [-0.25, -0.2) is 0 Å². The van der Waals surface area contributed by atoms with Gasteiger partial charge in [-0.15, -0.1) is 0 Å². The molecule has 35 heavy (non-hydrogen) atoms. The maximum atomic E-state index is 13.0. The van der Waals surface area contributed by atoms with Gasteiger partial charge in [0.05, 0.1) is 0 Å². The summed E-state index contributed by atoms with van der Waals surface area (Å²) in [4.78, 5) is 13.0. The Bertz CT molecular complexity index is 1640. The molecular formula is C31H25N3O. The lowest BCUT2D eigenvalue weighted by atomic mass is 10.0. The summed E-state index contributed by atoms with van der Waals surface area (Å²) in [7, 11) is 0. The molecule has 4 aromatic carbocycles. The highest BCUT2D eigenvalue weighted by Gasteiger charge is 2.14. The molecule has 1 amide bonds. The van der Waals surface area contributed by atoms with Crippen LogP contribution in [0.25, 0.3) is 27.8 Å². The average molecular weight is 456 g/mol. The van der Waals surface area contributed by atoms with Gasteiger partial charge in [0.25, 0.3) is 5.91 Å². The summed E-state index contributed by atoms with van der Waals surface area (Å²) in [6.07, 6.45) is 3.70. The van der Waals surface area contributed by atoms with E-state index in [1.54, 1.807) is 6.08 Å². The Morgan fingerprint density at radius 2 is 1.69 bits per heavy atom. The summed E-state index contributed by atoms with van der Waals surface area (Å²) in [6.45, 7) is 4.64. The maximum absolute atomic E-state index is 13.0. The molecule has 0 radical (unpaired) electrons. The van der Waals surface area contributed by atoms with E-state index in [0.717, 1.165) is 27.6 Å². The number of nitrogens with one attached hydrogen (secondary N) is 1. The smallest absolute Gasteiger partial charge is 0.266 e. The van der Waals surface area contributed by atoms with Crippen molar-refractivity contribution in [3.05, 3.63) is 119 Å². The first kappa shape index (κ1) is 22.2. The molecule has 1 N–H and O–H groups in total. The molecule has 0 unspecified atom stereocenters. The second-order valence-corrected chi connectivity index (χ2v) is 8.81. The van der Waals surface area contributed by atoms with Crippen LogP contribution in [-0.4, -0.2) is 10.5 Å². The van der Waals surface area contributed by atoms with Crippen molar-refractivity contribution < 1.29 is 4.79 Å². The third-order valence-corrected chi connectivity index (χ3v) is 6.34. The molecule has 5 aromatic rings. The average Bonchev–Trinajstić information content (AvgIpc) is 3.21.